The highest BCUT2D eigenvalue weighted by Crippen LogP contribution is 2.17. The third-order valence-electron chi connectivity index (χ3n) is 3.30. The molecule has 0 saturated carbocycles. The molecule has 1 fully saturated rings. The van der Waals surface area contributed by atoms with Crippen molar-refractivity contribution < 1.29 is 4.74 Å². The summed E-state index contributed by atoms with van der Waals surface area (Å²) in [7, 11) is 1.67. The molecule has 0 atom stereocenters. The number of hydrogen-bond acceptors (Lipinski definition) is 4. The quantitative estimate of drug-likeness (QED) is 0.757. The number of halogens is 1. The van der Waals surface area contributed by atoms with Gasteiger partial charge in [-0.05, 0) is 6.07 Å². The van der Waals surface area contributed by atoms with Gasteiger partial charge in [-0.3, -0.25) is 9.80 Å². The van der Waals surface area contributed by atoms with E-state index in [9.17, 15) is 0 Å². The summed E-state index contributed by atoms with van der Waals surface area (Å²) in [5, 5.41) is 0. The number of pyridine rings is 1. The van der Waals surface area contributed by atoms with Crippen molar-refractivity contribution in [2.45, 2.75) is 6.54 Å². The van der Waals surface area contributed by atoms with Gasteiger partial charge in [-0.25, -0.2) is 4.98 Å². The zero-order valence-electron chi connectivity index (χ0n) is 10.8. The molecule has 0 aliphatic carbocycles. The van der Waals surface area contributed by atoms with Crippen molar-refractivity contribution in [3.05, 3.63) is 23.9 Å². The zero-order chi connectivity index (χ0) is 12.8. The van der Waals surface area contributed by atoms with Crippen molar-refractivity contribution in [2.24, 2.45) is 0 Å². The van der Waals surface area contributed by atoms with Crippen molar-refractivity contribution in [2.75, 3.05) is 45.7 Å². The number of methoxy groups -OCH3 is 1. The fourth-order valence-electron chi connectivity index (χ4n) is 2.26. The second kappa shape index (κ2) is 6.92. The van der Waals surface area contributed by atoms with Gasteiger partial charge in [-0.2, -0.15) is 0 Å². The second-order valence-electron chi connectivity index (χ2n) is 4.48. The average Bonchev–Trinajstić information content (AvgIpc) is 2.42. The van der Waals surface area contributed by atoms with Crippen LogP contribution in [0.2, 0.25) is 0 Å². The lowest BCUT2D eigenvalue weighted by molar-refractivity contribution is 0.131. The minimum atomic E-state index is 0.719. The van der Waals surface area contributed by atoms with Crippen molar-refractivity contribution >= 4 is 11.6 Å². The molecule has 1 aromatic rings. The number of alkyl halides is 1. The number of nitrogens with zero attached hydrogens (tertiary/aromatic N) is 3. The molecular weight excluding hydrogens is 250 g/mol. The van der Waals surface area contributed by atoms with Gasteiger partial charge in [-0.1, -0.05) is 6.07 Å². The van der Waals surface area contributed by atoms with E-state index in [0.717, 1.165) is 56.6 Å². The summed E-state index contributed by atoms with van der Waals surface area (Å²) >= 11 is 5.76. The Hall–Kier alpha value is -0.840. The Balaban J connectivity index is 1.87. The van der Waals surface area contributed by atoms with Gasteiger partial charge >= 0.3 is 0 Å². The van der Waals surface area contributed by atoms with Crippen LogP contribution in [0.3, 0.4) is 0 Å². The zero-order valence-corrected chi connectivity index (χ0v) is 11.6. The summed E-state index contributed by atoms with van der Waals surface area (Å²) in [5.41, 5.74) is 1.16. The minimum absolute atomic E-state index is 0.719. The van der Waals surface area contributed by atoms with E-state index in [-0.39, 0.29) is 0 Å². The van der Waals surface area contributed by atoms with Gasteiger partial charge in [0.25, 0.3) is 0 Å². The summed E-state index contributed by atoms with van der Waals surface area (Å²) in [5.74, 6) is 1.46. The van der Waals surface area contributed by atoms with E-state index >= 15 is 0 Å². The van der Waals surface area contributed by atoms with E-state index in [4.69, 9.17) is 16.3 Å². The van der Waals surface area contributed by atoms with Crippen LogP contribution in [-0.4, -0.2) is 60.5 Å². The van der Waals surface area contributed by atoms with Crippen LogP contribution in [0.1, 0.15) is 5.56 Å². The van der Waals surface area contributed by atoms with Gasteiger partial charge < -0.3 is 4.74 Å². The molecule has 2 heterocycles. The number of piperazine rings is 1. The summed E-state index contributed by atoms with van der Waals surface area (Å²) < 4.78 is 5.28. The maximum atomic E-state index is 5.76. The Morgan fingerprint density at radius 3 is 2.67 bits per heavy atom. The molecule has 1 saturated heterocycles. The normalized spacial score (nSPS) is 17.9. The van der Waals surface area contributed by atoms with Crippen molar-refractivity contribution in [1.82, 2.24) is 14.8 Å². The van der Waals surface area contributed by atoms with E-state index in [1.54, 1.807) is 13.3 Å². The SMILES string of the molecule is COc1ncccc1CN1CCN(CCCl)CC1. The summed E-state index contributed by atoms with van der Waals surface area (Å²) in [6, 6.07) is 4.04. The molecule has 0 aromatic carbocycles. The molecule has 5 heteroatoms. The first-order valence-corrected chi connectivity index (χ1v) is 6.85. The first-order chi connectivity index (χ1) is 8.83. The van der Waals surface area contributed by atoms with E-state index < -0.39 is 0 Å². The summed E-state index contributed by atoms with van der Waals surface area (Å²) in [6.45, 7) is 6.24. The molecule has 1 aliphatic rings. The van der Waals surface area contributed by atoms with Gasteiger partial charge in [0.2, 0.25) is 5.88 Å². The second-order valence-corrected chi connectivity index (χ2v) is 4.86. The van der Waals surface area contributed by atoms with Crippen molar-refractivity contribution in [1.29, 1.82) is 0 Å². The molecule has 1 aliphatic heterocycles. The monoisotopic (exact) mass is 269 g/mol. The highest BCUT2D eigenvalue weighted by Gasteiger charge is 2.17. The minimum Gasteiger partial charge on any atom is -0.481 e. The van der Waals surface area contributed by atoms with Crippen LogP contribution in [0, 0.1) is 0 Å². The van der Waals surface area contributed by atoms with E-state index in [1.807, 2.05) is 6.07 Å². The molecule has 0 amide bonds. The lowest BCUT2D eigenvalue weighted by atomic mass is 10.2. The largest absolute Gasteiger partial charge is 0.481 e. The smallest absolute Gasteiger partial charge is 0.217 e. The molecule has 1 aromatic heterocycles. The fourth-order valence-corrected chi connectivity index (χ4v) is 2.50. The topological polar surface area (TPSA) is 28.6 Å². The van der Waals surface area contributed by atoms with Gasteiger partial charge in [0, 0.05) is 56.9 Å². The predicted molar refractivity (Wildman–Crippen MR) is 73.2 cm³/mol. The number of aromatic nitrogens is 1. The lowest BCUT2D eigenvalue weighted by Crippen LogP contribution is -2.46. The van der Waals surface area contributed by atoms with Gasteiger partial charge in [0.1, 0.15) is 0 Å². The third kappa shape index (κ3) is 3.57. The maximum Gasteiger partial charge on any atom is 0.217 e. The lowest BCUT2D eigenvalue weighted by Gasteiger charge is -2.34. The first-order valence-electron chi connectivity index (χ1n) is 6.32. The molecule has 100 valence electrons. The highest BCUT2D eigenvalue weighted by molar-refractivity contribution is 6.18. The van der Waals surface area contributed by atoms with Crippen molar-refractivity contribution in [3.8, 4) is 5.88 Å². The van der Waals surface area contributed by atoms with Crippen LogP contribution in [0.15, 0.2) is 18.3 Å². The Kier molecular flexibility index (Phi) is 5.23. The molecule has 0 spiro atoms. The Bertz CT molecular complexity index is 367. The van der Waals surface area contributed by atoms with Crippen LogP contribution < -0.4 is 4.74 Å². The first kappa shape index (κ1) is 13.6. The van der Waals surface area contributed by atoms with Crippen LogP contribution in [0.5, 0.6) is 5.88 Å². The van der Waals surface area contributed by atoms with Crippen molar-refractivity contribution in [3.63, 3.8) is 0 Å². The molecular formula is C13H20ClN3O. The molecule has 18 heavy (non-hydrogen) atoms. The molecule has 4 nitrogen and oxygen atoms in total. The predicted octanol–water partition coefficient (Wildman–Crippen LogP) is 1.45. The number of ether oxygens (including phenoxy) is 1. The van der Waals surface area contributed by atoms with E-state index in [0.29, 0.717) is 0 Å². The highest BCUT2D eigenvalue weighted by atomic mass is 35.5. The van der Waals surface area contributed by atoms with Gasteiger partial charge in [0.15, 0.2) is 0 Å². The Labute approximate surface area is 114 Å². The number of rotatable bonds is 5. The van der Waals surface area contributed by atoms with Gasteiger partial charge in [0.05, 0.1) is 7.11 Å². The van der Waals surface area contributed by atoms with E-state index in [1.165, 1.54) is 0 Å². The standard InChI is InChI=1S/C13H20ClN3O/c1-18-13-12(3-2-5-15-13)11-17-9-7-16(6-4-14)8-10-17/h2-3,5H,4,6-11H2,1H3. The number of hydrogen-bond donors (Lipinski definition) is 0. The Morgan fingerprint density at radius 2 is 2.00 bits per heavy atom. The molecule has 0 unspecified atom stereocenters. The summed E-state index contributed by atoms with van der Waals surface area (Å²) in [4.78, 5) is 9.07. The maximum absolute atomic E-state index is 5.76. The Morgan fingerprint density at radius 1 is 1.28 bits per heavy atom. The van der Waals surface area contributed by atoms with E-state index in [2.05, 4.69) is 20.9 Å². The molecule has 0 N–H and O–H groups in total. The average molecular weight is 270 g/mol. The van der Waals surface area contributed by atoms with Crippen LogP contribution in [0.25, 0.3) is 0 Å². The van der Waals surface area contributed by atoms with Crippen LogP contribution in [-0.2, 0) is 6.54 Å². The molecule has 2 rings (SSSR count). The molecule has 0 bridgehead atoms. The third-order valence-corrected chi connectivity index (χ3v) is 3.47. The summed E-state index contributed by atoms with van der Waals surface area (Å²) in [6.07, 6.45) is 1.76. The fraction of sp³-hybridized carbons (Fsp3) is 0.615. The van der Waals surface area contributed by atoms with Crippen LogP contribution >= 0.6 is 11.6 Å². The van der Waals surface area contributed by atoms with Crippen LogP contribution in [0.4, 0.5) is 0 Å². The van der Waals surface area contributed by atoms with Gasteiger partial charge in [-0.15, -0.1) is 11.6 Å². The molecule has 0 radical (unpaired) electrons.